The molecule has 2 aliphatic rings. The molecular formula is C22H20ClF4N3O3S2. The number of anilines is 1. The molecule has 1 fully saturated rings. The predicted octanol–water partition coefficient (Wildman–Crippen LogP) is 5.14. The number of aromatic nitrogens is 1. The van der Waals surface area contributed by atoms with Crippen LogP contribution in [-0.4, -0.2) is 33.1 Å². The molecule has 1 aromatic heterocycles. The van der Waals surface area contributed by atoms with Gasteiger partial charge in [0.05, 0.1) is 22.8 Å². The number of hydrogen-bond donors (Lipinski definition) is 2. The smallest absolute Gasteiger partial charge is 0.416 e. The van der Waals surface area contributed by atoms with Crippen molar-refractivity contribution >= 4 is 38.9 Å². The lowest BCUT2D eigenvalue weighted by molar-refractivity contribution is -0.137. The molecule has 5 rings (SSSR count). The highest BCUT2D eigenvalue weighted by atomic mass is 35.5. The Morgan fingerprint density at radius 2 is 1.91 bits per heavy atom. The van der Waals surface area contributed by atoms with Crippen LogP contribution in [0.3, 0.4) is 0 Å². The van der Waals surface area contributed by atoms with Crippen molar-refractivity contribution in [3.05, 3.63) is 58.5 Å². The predicted molar refractivity (Wildman–Crippen MR) is 127 cm³/mol. The number of sulfonamides is 1. The number of benzene rings is 2. The minimum atomic E-state index is -4.62. The Bertz CT molecular complexity index is 1360. The highest BCUT2D eigenvalue weighted by Gasteiger charge is 2.43. The Labute approximate surface area is 209 Å². The Hall–Kier alpha value is -2.41. The van der Waals surface area contributed by atoms with Gasteiger partial charge in [-0.25, -0.2) is 17.8 Å². The van der Waals surface area contributed by atoms with E-state index in [0.29, 0.717) is 12.4 Å². The number of ether oxygens (including phenoxy) is 1. The zero-order valence-corrected chi connectivity index (χ0v) is 20.4. The summed E-state index contributed by atoms with van der Waals surface area (Å²) in [5.41, 5.74) is -1.76. The minimum absolute atomic E-state index is 0. The maximum absolute atomic E-state index is 15.2. The molecule has 3 aromatic rings. The van der Waals surface area contributed by atoms with E-state index in [1.54, 1.807) is 6.07 Å². The molecule has 0 aliphatic carbocycles. The van der Waals surface area contributed by atoms with E-state index in [1.807, 2.05) is 0 Å². The summed E-state index contributed by atoms with van der Waals surface area (Å²) in [7, 11) is -3.99. The van der Waals surface area contributed by atoms with Crippen molar-refractivity contribution in [1.29, 1.82) is 0 Å². The number of fused-ring (bicyclic) bond motifs is 1. The first-order valence-electron chi connectivity index (χ1n) is 10.4. The summed E-state index contributed by atoms with van der Waals surface area (Å²) >= 11 is 0.956. The molecule has 35 heavy (non-hydrogen) atoms. The second-order valence-corrected chi connectivity index (χ2v) is 10.7. The van der Waals surface area contributed by atoms with Crippen LogP contribution in [0.4, 0.5) is 22.7 Å². The average Bonchev–Trinajstić information content (AvgIpc) is 3.23. The Kier molecular flexibility index (Phi) is 6.77. The van der Waals surface area contributed by atoms with Crippen LogP contribution in [-0.2, 0) is 28.3 Å². The third kappa shape index (κ3) is 4.97. The molecule has 2 aliphatic heterocycles. The number of hydrogen-bond acceptors (Lipinski definition) is 6. The largest absolute Gasteiger partial charge is 0.493 e. The molecule has 0 spiro atoms. The van der Waals surface area contributed by atoms with Gasteiger partial charge in [-0.05, 0) is 36.6 Å². The lowest BCUT2D eigenvalue weighted by Crippen LogP contribution is -2.54. The summed E-state index contributed by atoms with van der Waals surface area (Å²) in [6, 6.07) is 7.48. The van der Waals surface area contributed by atoms with Gasteiger partial charge in [0.2, 0.25) is 0 Å². The van der Waals surface area contributed by atoms with Crippen molar-refractivity contribution in [2.45, 2.75) is 29.6 Å². The van der Waals surface area contributed by atoms with Gasteiger partial charge in [-0.15, -0.1) is 23.7 Å². The van der Waals surface area contributed by atoms with Crippen molar-refractivity contribution in [3.63, 3.8) is 0 Å². The van der Waals surface area contributed by atoms with E-state index < -0.39 is 27.4 Å². The fourth-order valence-electron chi connectivity index (χ4n) is 3.96. The minimum Gasteiger partial charge on any atom is -0.493 e. The molecule has 0 atom stereocenters. The molecular weight excluding hydrogens is 530 g/mol. The number of rotatable bonds is 5. The lowest BCUT2D eigenvalue weighted by atomic mass is 9.84. The Morgan fingerprint density at radius 3 is 2.60 bits per heavy atom. The van der Waals surface area contributed by atoms with Crippen LogP contribution in [0, 0.1) is 0 Å². The number of thiazole rings is 1. The van der Waals surface area contributed by atoms with Crippen LogP contribution in [0.2, 0.25) is 0 Å². The number of aryl methyl sites for hydroxylation is 1. The van der Waals surface area contributed by atoms with Crippen molar-refractivity contribution in [2.24, 2.45) is 0 Å². The van der Waals surface area contributed by atoms with Gasteiger partial charge in [0.15, 0.2) is 10.8 Å². The summed E-state index contributed by atoms with van der Waals surface area (Å²) < 4.78 is 88.6. The first-order chi connectivity index (χ1) is 16.1. The summed E-state index contributed by atoms with van der Waals surface area (Å²) in [4.78, 5) is 4.23. The average molecular weight is 550 g/mol. The number of alkyl halides is 4. The quantitative estimate of drug-likeness (QED) is 0.431. The molecule has 0 radical (unpaired) electrons. The summed E-state index contributed by atoms with van der Waals surface area (Å²) in [6.45, 7) is 0.275. The molecule has 1 saturated heterocycles. The van der Waals surface area contributed by atoms with Gasteiger partial charge >= 0.3 is 6.18 Å². The first-order valence-corrected chi connectivity index (χ1v) is 12.8. The van der Waals surface area contributed by atoms with E-state index in [0.717, 1.165) is 41.9 Å². The van der Waals surface area contributed by atoms with E-state index in [9.17, 15) is 21.6 Å². The third-order valence-corrected chi connectivity index (χ3v) is 8.06. The molecule has 0 unspecified atom stereocenters. The van der Waals surface area contributed by atoms with Gasteiger partial charge < -0.3 is 10.1 Å². The zero-order valence-electron chi connectivity index (χ0n) is 18.0. The Morgan fingerprint density at radius 1 is 1.14 bits per heavy atom. The van der Waals surface area contributed by atoms with Crippen LogP contribution >= 0.6 is 23.7 Å². The molecule has 6 nitrogen and oxygen atoms in total. The molecule has 188 valence electrons. The first kappa shape index (κ1) is 25.7. The van der Waals surface area contributed by atoms with E-state index in [2.05, 4.69) is 15.0 Å². The normalized spacial score (nSPS) is 16.9. The standard InChI is InChI=1S/C22H19F4N3O3S2.ClH/c23-21(11-27-12-21)17-8-14(22(24,25)26)4-6-16(17)18-10-33-20(28-18)29-34(30,31)15-5-3-13-2-1-7-32-19(13)9-15;/h3-6,8-10,27H,1-2,7,11-12H2,(H,28,29);1H. The van der Waals surface area contributed by atoms with Gasteiger partial charge in [0, 0.05) is 35.7 Å². The molecule has 0 amide bonds. The van der Waals surface area contributed by atoms with Crippen molar-refractivity contribution in [2.75, 3.05) is 24.4 Å². The SMILES string of the molecule is Cl.O=S(=O)(Nc1nc(-c2ccc(C(F)(F)F)cc2C2(F)CNC2)cs1)c1ccc2c(c1)OCCC2. The van der Waals surface area contributed by atoms with Gasteiger partial charge in [-0.2, -0.15) is 13.2 Å². The molecule has 0 bridgehead atoms. The van der Waals surface area contributed by atoms with E-state index >= 15 is 4.39 Å². The number of halogens is 5. The monoisotopic (exact) mass is 549 g/mol. The van der Waals surface area contributed by atoms with Crippen LogP contribution < -0.4 is 14.8 Å². The van der Waals surface area contributed by atoms with Crippen molar-refractivity contribution in [1.82, 2.24) is 10.3 Å². The molecule has 0 saturated carbocycles. The molecule has 2 N–H and O–H groups in total. The lowest BCUT2D eigenvalue weighted by Gasteiger charge is -2.36. The molecule has 13 heteroatoms. The summed E-state index contributed by atoms with van der Waals surface area (Å²) in [6.07, 6.45) is -2.95. The zero-order chi connectivity index (χ0) is 24.1. The maximum atomic E-state index is 15.2. The second kappa shape index (κ2) is 9.23. The van der Waals surface area contributed by atoms with Gasteiger partial charge in [0.25, 0.3) is 10.0 Å². The van der Waals surface area contributed by atoms with Crippen LogP contribution in [0.1, 0.15) is 23.1 Å². The van der Waals surface area contributed by atoms with E-state index in [1.165, 1.54) is 23.6 Å². The Balaban J connectivity index is 0.00000289. The van der Waals surface area contributed by atoms with Crippen LogP contribution in [0.5, 0.6) is 5.75 Å². The van der Waals surface area contributed by atoms with E-state index in [-0.39, 0.29) is 52.3 Å². The topological polar surface area (TPSA) is 80.3 Å². The summed E-state index contributed by atoms with van der Waals surface area (Å²) in [5.74, 6) is 0.519. The van der Waals surface area contributed by atoms with E-state index in [4.69, 9.17) is 4.74 Å². The van der Waals surface area contributed by atoms with Crippen LogP contribution in [0.25, 0.3) is 11.3 Å². The van der Waals surface area contributed by atoms with Crippen molar-refractivity contribution < 1.29 is 30.7 Å². The number of nitrogens with one attached hydrogen (secondary N) is 2. The number of nitrogens with zero attached hydrogens (tertiary/aromatic N) is 1. The fraction of sp³-hybridized carbons (Fsp3) is 0.318. The van der Waals surface area contributed by atoms with Crippen LogP contribution in [0.15, 0.2) is 46.7 Å². The highest BCUT2D eigenvalue weighted by molar-refractivity contribution is 7.93. The maximum Gasteiger partial charge on any atom is 0.416 e. The van der Waals surface area contributed by atoms with Gasteiger partial charge in [0.1, 0.15) is 5.75 Å². The molecule has 2 aromatic carbocycles. The summed E-state index contributed by atoms with van der Waals surface area (Å²) in [5, 5.41) is 4.23. The van der Waals surface area contributed by atoms with Gasteiger partial charge in [-0.3, -0.25) is 4.72 Å². The second-order valence-electron chi connectivity index (χ2n) is 8.19. The third-order valence-electron chi connectivity index (χ3n) is 5.84. The fourth-order valence-corrected chi connectivity index (χ4v) is 5.93. The van der Waals surface area contributed by atoms with Gasteiger partial charge in [-0.1, -0.05) is 12.1 Å². The van der Waals surface area contributed by atoms with Crippen molar-refractivity contribution in [3.8, 4) is 17.0 Å². The highest BCUT2D eigenvalue weighted by Crippen LogP contribution is 2.42. The molecule has 3 heterocycles.